The zero-order valence-corrected chi connectivity index (χ0v) is 18.2. The van der Waals surface area contributed by atoms with Gasteiger partial charge in [0.15, 0.2) is 0 Å². The molecule has 19 heavy (non-hydrogen) atoms. The Morgan fingerprint density at radius 1 is 0.842 bits per heavy atom. The molecule has 90 valence electrons. The van der Waals surface area contributed by atoms with Crippen LogP contribution in [0.2, 0.25) is 0 Å². The second-order valence-corrected chi connectivity index (χ2v) is 4.44. The molecule has 2 aromatic carbocycles. The molecule has 2 rings (SSSR count). The van der Waals surface area contributed by atoms with Gasteiger partial charge in [0, 0.05) is 0 Å². The van der Waals surface area contributed by atoms with Crippen LogP contribution in [0.1, 0.15) is 25.0 Å². The Kier molecular flexibility index (Phi) is 12.3. The molecule has 2 aromatic rings. The molecule has 0 aliphatic heterocycles. The van der Waals surface area contributed by atoms with Gasteiger partial charge in [0.1, 0.15) is 0 Å². The van der Waals surface area contributed by atoms with E-state index in [0.717, 1.165) is 5.56 Å². The number of rotatable bonds is 2. The minimum absolute atomic E-state index is 0. The molecule has 0 unspecified atom stereocenters. The molecule has 4 heteroatoms. The standard InChI is InChI=1S/C15H15O.2K.H2O/c1-15(2,12-6-4-3-5-7-12)13-8-10-14(16)11-9-13;;;/h4-11,16H,1-2H3;;;1H2/q-1;2*+1;/p-2. The van der Waals surface area contributed by atoms with Crippen molar-refractivity contribution in [2.24, 2.45) is 0 Å². The van der Waals surface area contributed by atoms with Crippen LogP contribution in [0.15, 0.2) is 48.5 Å². The number of benzene rings is 2. The van der Waals surface area contributed by atoms with Crippen LogP contribution in [0.3, 0.4) is 0 Å². The first-order valence-corrected chi connectivity index (χ1v) is 5.35. The van der Waals surface area contributed by atoms with Gasteiger partial charge in [0.25, 0.3) is 0 Å². The monoisotopic (exact) mass is 305 g/mol. The molecule has 1 N–H and O–H groups in total. The molecule has 0 aromatic heterocycles. The van der Waals surface area contributed by atoms with Crippen LogP contribution < -0.4 is 108 Å². The van der Waals surface area contributed by atoms with Gasteiger partial charge in [-0.2, -0.15) is 30.3 Å². The molecule has 0 saturated heterocycles. The Morgan fingerprint density at radius 2 is 1.26 bits per heavy atom. The predicted octanol–water partition coefficient (Wildman–Crippen LogP) is -3.28. The van der Waals surface area contributed by atoms with Gasteiger partial charge in [-0.05, 0) is 11.0 Å². The fourth-order valence-electron chi connectivity index (χ4n) is 1.84. The SMILES string of the molecule is CC(C)(c1cc[c-]cc1)c1ccc([O-])cc1.[K+].[K+].[OH-]. The van der Waals surface area contributed by atoms with Crippen LogP contribution in [-0.2, 0) is 5.41 Å². The van der Waals surface area contributed by atoms with Crippen molar-refractivity contribution in [2.75, 3.05) is 0 Å². The van der Waals surface area contributed by atoms with Crippen LogP contribution in [-0.4, -0.2) is 5.48 Å². The second kappa shape index (κ2) is 10.2. The molecule has 0 amide bonds. The van der Waals surface area contributed by atoms with E-state index in [2.05, 4.69) is 32.0 Å². The van der Waals surface area contributed by atoms with Crippen molar-refractivity contribution < 1.29 is 113 Å². The van der Waals surface area contributed by atoms with Crippen molar-refractivity contribution in [3.05, 3.63) is 65.7 Å². The van der Waals surface area contributed by atoms with Crippen molar-refractivity contribution in [2.45, 2.75) is 19.3 Å². The molecule has 0 fully saturated rings. The van der Waals surface area contributed by atoms with Crippen molar-refractivity contribution >= 4 is 0 Å². The van der Waals surface area contributed by atoms with E-state index >= 15 is 0 Å². The van der Waals surface area contributed by atoms with Crippen molar-refractivity contribution in [3.63, 3.8) is 0 Å². The maximum Gasteiger partial charge on any atom is 1.00 e. The molecule has 0 heterocycles. The molecular weight excluding hydrogens is 290 g/mol. The van der Waals surface area contributed by atoms with Crippen molar-refractivity contribution in [1.82, 2.24) is 0 Å². The fraction of sp³-hybridized carbons (Fsp3) is 0.200. The van der Waals surface area contributed by atoms with E-state index in [-0.39, 0.29) is 119 Å². The Bertz CT molecular complexity index is 467. The van der Waals surface area contributed by atoms with E-state index in [9.17, 15) is 5.11 Å². The summed E-state index contributed by atoms with van der Waals surface area (Å²) in [5.41, 5.74) is 2.30. The van der Waals surface area contributed by atoms with Gasteiger partial charge in [0.2, 0.25) is 0 Å². The molecule has 0 saturated carbocycles. The first-order valence-electron chi connectivity index (χ1n) is 5.35. The molecule has 0 bridgehead atoms. The van der Waals surface area contributed by atoms with E-state index in [1.165, 1.54) is 5.56 Å². The van der Waals surface area contributed by atoms with Crippen LogP contribution in [0.4, 0.5) is 0 Å². The molecule has 0 aliphatic rings. The van der Waals surface area contributed by atoms with E-state index in [1.54, 1.807) is 12.1 Å². The largest absolute Gasteiger partial charge is 1.00 e. The van der Waals surface area contributed by atoms with Gasteiger partial charge in [0.05, 0.1) is 0 Å². The first kappa shape index (κ1) is 22.7. The van der Waals surface area contributed by atoms with E-state index in [0.29, 0.717) is 0 Å². The molecule has 2 nitrogen and oxygen atoms in total. The van der Waals surface area contributed by atoms with Gasteiger partial charge >= 0.3 is 103 Å². The Morgan fingerprint density at radius 3 is 1.74 bits per heavy atom. The second-order valence-electron chi connectivity index (χ2n) is 4.44. The molecule has 0 atom stereocenters. The summed E-state index contributed by atoms with van der Waals surface area (Å²) in [6, 6.07) is 18.0. The van der Waals surface area contributed by atoms with Crippen LogP contribution in [0.5, 0.6) is 5.75 Å². The van der Waals surface area contributed by atoms with E-state index in [1.807, 2.05) is 24.3 Å². The first-order chi connectivity index (χ1) is 7.60. The van der Waals surface area contributed by atoms with Gasteiger partial charge in [-0.15, -0.1) is 11.3 Å². The van der Waals surface area contributed by atoms with Gasteiger partial charge in [-0.3, -0.25) is 0 Å². The normalized spacial score (nSPS) is 9.58. The summed E-state index contributed by atoms with van der Waals surface area (Å²) in [6.45, 7) is 4.31. The Labute approximate surface area is 200 Å². The number of hydrogen-bond acceptors (Lipinski definition) is 2. The summed E-state index contributed by atoms with van der Waals surface area (Å²) in [6.07, 6.45) is 0. The minimum Gasteiger partial charge on any atom is -0.872 e. The molecule has 0 aliphatic carbocycles. The van der Waals surface area contributed by atoms with Crippen LogP contribution in [0.25, 0.3) is 0 Å². The summed E-state index contributed by atoms with van der Waals surface area (Å²) in [4.78, 5) is 0. The van der Waals surface area contributed by atoms with E-state index in [4.69, 9.17) is 0 Å². The van der Waals surface area contributed by atoms with Gasteiger partial charge < -0.3 is 10.6 Å². The summed E-state index contributed by atoms with van der Waals surface area (Å²) >= 11 is 0. The third kappa shape index (κ3) is 6.00. The van der Waals surface area contributed by atoms with Crippen LogP contribution in [0, 0.1) is 6.07 Å². The number of hydrogen-bond donors (Lipinski definition) is 0. The fourth-order valence-corrected chi connectivity index (χ4v) is 1.84. The van der Waals surface area contributed by atoms with E-state index < -0.39 is 0 Å². The Hall–Kier alpha value is 1.47. The minimum atomic E-state index is -0.0806. The Balaban J connectivity index is 0. The molecule has 0 radical (unpaired) electrons. The average molecular weight is 305 g/mol. The third-order valence-corrected chi connectivity index (χ3v) is 3.02. The summed E-state index contributed by atoms with van der Waals surface area (Å²) in [5, 5.41) is 11.1. The smallest absolute Gasteiger partial charge is 0.872 e. The quantitative estimate of drug-likeness (QED) is 0.432. The zero-order valence-electron chi connectivity index (χ0n) is 12.0. The summed E-state index contributed by atoms with van der Waals surface area (Å²) < 4.78 is 0. The van der Waals surface area contributed by atoms with Gasteiger partial charge in [-0.1, -0.05) is 38.1 Å². The predicted molar refractivity (Wildman–Crippen MR) is 65.2 cm³/mol. The maximum absolute atomic E-state index is 11.1. The average Bonchev–Trinajstić information content (AvgIpc) is 2.31. The summed E-state index contributed by atoms with van der Waals surface area (Å²) in [7, 11) is 0. The topological polar surface area (TPSA) is 53.1 Å². The third-order valence-electron chi connectivity index (χ3n) is 3.02. The van der Waals surface area contributed by atoms with Crippen molar-refractivity contribution in [1.29, 1.82) is 0 Å². The van der Waals surface area contributed by atoms with Crippen LogP contribution >= 0.6 is 0 Å². The summed E-state index contributed by atoms with van der Waals surface area (Å²) in [5.74, 6) is 0.0564. The zero-order chi connectivity index (χ0) is 11.6. The van der Waals surface area contributed by atoms with Gasteiger partial charge in [-0.25, -0.2) is 0 Å². The molecular formula is C15H15K2O2-. The maximum atomic E-state index is 11.1. The van der Waals surface area contributed by atoms with Crippen molar-refractivity contribution in [3.8, 4) is 5.75 Å². The molecule has 0 spiro atoms.